The predicted molar refractivity (Wildman–Crippen MR) is 65.9 cm³/mol. The van der Waals surface area contributed by atoms with Crippen LogP contribution in [0.2, 0.25) is 0 Å². The molecule has 0 aliphatic heterocycles. The van der Waals surface area contributed by atoms with Crippen LogP contribution >= 0.6 is 0 Å². The molecule has 2 rings (SSSR count). The van der Waals surface area contributed by atoms with Crippen molar-refractivity contribution in [2.45, 2.75) is 32.1 Å². The second kappa shape index (κ2) is 5.66. The lowest BCUT2D eigenvalue weighted by atomic mass is 10.0. The number of halogens is 6. The van der Waals surface area contributed by atoms with Gasteiger partial charge >= 0.3 is 12.4 Å². The summed E-state index contributed by atoms with van der Waals surface area (Å²) in [6.45, 7) is 1.84. The van der Waals surface area contributed by atoms with Crippen LogP contribution in [0.5, 0.6) is 0 Å². The molecule has 1 aromatic heterocycles. The number of rotatable bonds is 3. The van der Waals surface area contributed by atoms with Crippen LogP contribution in [0, 0.1) is 0 Å². The zero-order valence-electron chi connectivity index (χ0n) is 11.3. The van der Waals surface area contributed by atoms with Gasteiger partial charge in [0.25, 0.3) is 0 Å². The highest BCUT2D eigenvalue weighted by Gasteiger charge is 2.37. The molecule has 0 fully saturated rings. The normalized spacial score (nSPS) is 12.7. The highest BCUT2D eigenvalue weighted by Crippen LogP contribution is 2.38. The van der Waals surface area contributed by atoms with E-state index in [9.17, 15) is 26.3 Å². The second-order valence-electron chi connectivity index (χ2n) is 4.67. The maximum Gasteiger partial charge on any atom is 0.416 e. The Bertz CT molecular complexity index is 624. The molecule has 2 aromatic rings. The van der Waals surface area contributed by atoms with Gasteiger partial charge in [0.2, 0.25) is 0 Å². The molecule has 1 aromatic carbocycles. The van der Waals surface area contributed by atoms with E-state index in [0.29, 0.717) is 25.0 Å². The molecule has 0 aliphatic carbocycles. The standard InChI is InChI=1S/C14H11F6NO/c1-2-3-12-21-11(7-22-12)8-4-9(13(15,16)17)6-10(5-8)14(18,19)20/h4-7H,2-3H2,1H3. The molecule has 0 N–H and O–H groups in total. The van der Waals surface area contributed by atoms with Gasteiger partial charge in [-0.05, 0) is 24.6 Å². The zero-order chi connectivity index (χ0) is 16.5. The number of hydrogen-bond acceptors (Lipinski definition) is 2. The minimum atomic E-state index is -4.88. The summed E-state index contributed by atoms with van der Waals surface area (Å²) in [6.07, 6.45) is -7.57. The number of oxazole rings is 1. The molecule has 0 radical (unpaired) electrons. The van der Waals surface area contributed by atoms with Crippen molar-refractivity contribution in [3.05, 3.63) is 41.5 Å². The van der Waals surface area contributed by atoms with Crippen LogP contribution in [0.4, 0.5) is 26.3 Å². The molecular weight excluding hydrogens is 312 g/mol. The number of nitrogens with zero attached hydrogens (tertiary/aromatic N) is 1. The zero-order valence-corrected chi connectivity index (χ0v) is 11.3. The topological polar surface area (TPSA) is 26.0 Å². The van der Waals surface area contributed by atoms with Gasteiger partial charge in [-0.2, -0.15) is 26.3 Å². The van der Waals surface area contributed by atoms with Crippen molar-refractivity contribution < 1.29 is 30.8 Å². The van der Waals surface area contributed by atoms with E-state index in [1.165, 1.54) is 0 Å². The summed E-state index contributed by atoms with van der Waals surface area (Å²) in [5, 5.41) is 0. The molecule has 8 heteroatoms. The van der Waals surface area contributed by atoms with Gasteiger partial charge in [0.05, 0.1) is 11.1 Å². The Hall–Kier alpha value is -1.99. The van der Waals surface area contributed by atoms with Crippen molar-refractivity contribution in [3.8, 4) is 11.3 Å². The molecule has 120 valence electrons. The van der Waals surface area contributed by atoms with Gasteiger partial charge in [0.15, 0.2) is 5.89 Å². The minimum Gasteiger partial charge on any atom is -0.448 e. The van der Waals surface area contributed by atoms with E-state index in [1.807, 2.05) is 6.92 Å². The summed E-state index contributed by atoms with van der Waals surface area (Å²) in [7, 11) is 0. The average molecular weight is 323 g/mol. The van der Waals surface area contributed by atoms with E-state index >= 15 is 0 Å². The van der Waals surface area contributed by atoms with Gasteiger partial charge in [-0.3, -0.25) is 0 Å². The number of aryl methyl sites for hydroxylation is 1. The highest BCUT2D eigenvalue weighted by molar-refractivity contribution is 5.61. The third-order valence-electron chi connectivity index (χ3n) is 2.90. The van der Waals surface area contributed by atoms with Crippen LogP contribution in [-0.2, 0) is 18.8 Å². The lowest BCUT2D eigenvalue weighted by Crippen LogP contribution is -2.11. The van der Waals surface area contributed by atoms with Crippen LogP contribution < -0.4 is 0 Å². The van der Waals surface area contributed by atoms with E-state index < -0.39 is 23.5 Å². The Morgan fingerprint density at radius 2 is 1.50 bits per heavy atom. The van der Waals surface area contributed by atoms with Crippen LogP contribution in [0.1, 0.15) is 30.4 Å². The maximum atomic E-state index is 12.8. The molecule has 0 saturated carbocycles. The third-order valence-corrected chi connectivity index (χ3v) is 2.90. The summed E-state index contributed by atoms with van der Waals surface area (Å²) in [4.78, 5) is 3.92. The van der Waals surface area contributed by atoms with E-state index in [2.05, 4.69) is 4.98 Å². The average Bonchev–Trinajstić information content (AvgIpc) is 2.85. The molecule has 0 amide bonds. The predicted octanol–water partition coefficient (Wildman–Crippen LogP) is 5.33. The second-order valence-corrected chi connectivity index (χ2v) is 4.67. The maximum absolute atomic E-state index is 12.8. The first-order chi connectivity index (χ1) is 10.1. The molecule has 1 heterocycles. The molecule has 0 aliphatic rings. The number of hydrogen-bond donors (Lipinski definition) is 0. The quantitative estimate of drug-likeness (QED) is 0.713. The SMILES string of the molecule is CCCc1nc(-c2cc(C(F)(F)F)cc(C(F)(F)F)c2)co1. The fourth-order valence-electron chi connectivity index (χ4n) is 1.87. The fraction of sp³-hybridized carbons (Fsp3) is 0.357. The largest absolute Gasteiger partial charge is 0.448 e. The molecule has 0 spiro atoms. The highest BCUT2D eigenvalue weighted by atomic mass is 19.4. The third kappa shape index (κ3) is 3.61. The van der Waals surface area contributed by atoms with Gasteiger partial charge in [-0.25, -0.2) is 4.98 Å². The summed E-state index contributed by atoms with van der Waals surface area (Å²) < 4.78 is 81.6. The molecule has 0 bridgehead atoms. The molecule has 0 saturated heterocycles. The lowest BCUT2D eigenvalue weighted by Gasteiger charge is -2.13. The van der Waals surface area contributed by atoms with Crippen molar-refractivity contribution in [1.82, 2.24) is 4.98 Å². The monoisotopic (exact) mass is 323 g/mol. The van der Waals surface area contributed by atoms with E-state index in [1.54, 1.807) is 0 Å². The smallest absolute Gasteiger partial charge is 0.416 e. The first-order valence-corrected chi connectivity index (χ1v) is 6.35. The van der Waals surface area contributed by atoms with Crippen LogP contribution in [0.3, 0.4) is 0 Å². The summed E-state index contributed by atoms with van der Waals surface area (Å²) in [5.41, 5.74) is -3.09. The van der Waals surface area contributed by atoms with Gasteiger partial charge in [0.1, 0.15) is 12.0 Å². The van der Waals surface area contributed by atoms with Gasteiger partial charge in [-0.15, -0.1) is 0 Å². The Morgan fingerprint density at radius 3 is 1.95 bits per heavy atom. The Morgan fingerprint density at radius 1 is 0.955 bits per heavy atom. The van der Waals surface area contributed by atoms with Crippen LogP contribution in [0.25, 0.3) is 11.3 Å². The first-order valence-electron chi connectivity index (χ1n) is 6.35. The van der Waals surface area contributed by atoms with Crippen LogP contribution in [-0.4, -0.2) is 4.98 Å². The number of benzene rings is 1. The molecule has 0 atom stereocenters. The van der Waals surface area contributed by atoms with Crippen molar-refractivity contribution >= 4 is 0 Å². The molecule has 2 nitrogen and oxygen atoms in total. The van der Waals surface area contributed by atoms with E-state index in [4.69, 9.17) is 4.42 Å². The Balaban J connectivity index is 2.54. The van der Waals surface area contributed by atoms with Gasteiger partial charge in [-0.1, -0.05) is 6.92 Å². The molecular formula is C14H11F6NO. The van der Waals surface area contributed by atoms with Crippen LogP contribution in [0.15, 0.2) is 28.9 Å². The number of aromatic nitrogens is 1. The van der Waals surface area contributed by atoms with E-state index in [-0.39, 0.29) is 23.2 Å². The Labute approximate surface area is 121 Å². The van der Waals surface area contributed by atoms with Crippen molar-refractivity contribution in [3.63, 3.8) is 0 Å². The summed E-state index contributed by atoms with van der Waals surface area (Å²) in [6, 6.07) is 1.34. The lowest BCUT2D eigenvalue weighted by molar-refractivity contribution is -0.143. The summed E-state index contributed by atoms with van der Waals surface area (Å²) in [5.74, 6) is 0.267. The summed E-state index contributed by atoms with van der Waals surface area (Å²) >= 11 is 0. The van der Waals surface area contributed by atoms with Gasteiger partial charge in [0, 0.05) is 12.0 Å². The fourth-order valence-corrected chi connectivity index (χ4v) is 1.87. The van der Waals surface area contributed by atoms with Crippen molar-refractivity contribution in [2.75, 3.05) is 0 Å². The minimum absolute atomic E-state index is 0.0555. The molecule has 0 unspecified atom stereocenters. The van der Waals surface area contributed by atoms with Crippen molar-refractivity contribution in [2.24, 2.45) is 0 Å². The number of alkyl halides is 6. The van der Waals surface area contributed by atoms with Gasteiger partial charge < -0.3 is 4.42 Å². The first kappa shape index (κ1) is 16.4. The van der Waals surface area contributed by atoms with E-state index in [0.717, 1.165) is 6.26 Å². The Kier molecular flexibility index (Phi) is 4.21. The van der Waals surface area contributed by atoms with Crippen molar-refractivity contribution in [1.29, 1.82) is 0 Å². The molecule has 22 heavy (non-hydrogen) atoms.